The molecule has 0 aliphatic carbocycles. The van der Waals surface area contributed by atoms with Crippen LogP contribution in [0.1, 0.15) is 35.5 Å². The predicted octanol–water partition coefficient (Wildman–Crippen LogP) is 3.29. The van der Waals surface area contributed by atoms with E-state index in [1.807, 2.05) is 6.92 Å². The van der Waals surface area contributed by atoms with Crippen LogP contribution in [0.15, 0.2) is 24.3 Å². The van der Waals surface area contributed by atoms with Crippen molar-refractivity contribution < 1.29 is 14.3 Å². The number of H-pyrrole nitrogens is 1. The minimum atomic E-state index is -1.45. The molecule has 4 nitrogen and oxygen atoms in total. The molecular formula is C14H15FN2O2. The number of aromatic amines is 1. The second-order valence-electron chi connectivity index (χ2n) is 4.97. The van der Waals surface area contributed by atoms with Gasteiger partial charge in [0.05, 0.1) is 5.69 Å². The highest BCUT2D eigenvalue weighted by Crippen LogP contribution is 2.30. The molecule has 2 rings (SSSR count). The van der Waals surface area contributed by atoms with Crippen molar-refractivity contribution in [3.05, 3.63) is 41.1 Å². The molecule has 2 N–H and O–H groups in total. The minimum absolute atomic E-state index is 0.0133. The van der Waals surface area contributed by atoms with Gasteiger partial charge in [-0.15, -0.1) is 0 Å². The molecule has 1 aromatic heterocycles. The zero-order chi connectivity index (χ0) is 14.2. The Bertz CT molecular complexity index is 627. The lowest BCUT2D eigenvalue weighted by Crippen LogP contribution is -2.09. The summed E-state index contributed by atoms with van der Waals surface area (Å²) in [7, 11) is 0. The summed E-state index contributed by atoms with van der Waals surface area (Å²) in [6.45, 7) is 4.84. The fraction of sp³-hybridized carbons (Fsp3) is 0.286. The molecule has 0 saturated heterocycles. The van der Waals surface area contributed by atoms with Crippen molar-refractivity contribution in [1.82, 2.24) is 10.2 Å². The van der Waals surface area contributed by atoms with E-state index in [4.69, 9.17) is 5.11 Å². The van der Waals surface area contributed by atoms with Gasteiger partial charge in [0, 0.05) is 5.56 Å². The molecule has 2 aromatic rings. The molecule has 0 atom stereocenters. The lowest BCUT2D eigenvalue weighted by Gasteiger charge is -2.16. The van der Waals surface area contributed by atoms with E-state index in [1.54, 1.807) is 18.2 Å². The van der Waals surface area contributed by atoms with Gasteiger partial charge < -0.3 is 5.11 Å². The fourth-order valence-corrected chi connectivity index (χ4v) is 1.84. The van der Waals surface area contributed by atoms with Gasteiger partial charge in [-0.2, -0.15) is 5.10 Å². The number of carboxylic acids is 1. The summed E-state index contributed by atoms with van der Waals surface area (Å²) in [5.74, 6) is -1.07. The van der Waals surface area contributed by atoms with Gasteiger partial charge in [-0.1, -0.05) is 12.1 Å². The van der Waals surface area contributed by atoms with E-state index in [2.05, 4.69) is 10.2 Å². The number of nitrogens with zero attached hydrogens (tertiary/aromatic N) is 1. The van der Waals surface area contributed by atoms with Crippen molar-refractivity contribution in [3.8, 4) is 11.3 Å². The number of alkyl halides is 1. The molecule has 0 aliphatic heterocycles. The summed E-state index contributed by atoms with van der Waals surface area (Å²) in [6.07, 6.45) is 0. The lowest BCUT2D eigenvalue weighted by molar-refractivity contribution is 0.0690. The monoisotopic (exact) mass is 262 g/mol. The third kappa shape index (κ3) is 2.65. The third-order valence-electron chi connectivity index (χ3n) is 3.01. The van der Waals surface area contributed by atoms with E-state index in [9.17, 15) is 9.18 Å². The maximum atomic E-state index is 14.0. The van der Waals surface area contributed by atoms with E-state index >= 15 is 0 Å². The number of aromatic carboxylic acids is 1. The molecule has 0 amide bonds. The molecule has 1 aromatic carbocycles. The Hall–Kier alpha value is -2.17. The molecule has 5 heteroatoms. The van der Waals surface area contributed by atoms with Crippen molar-refractivity contribution in [2.24, 2.45) is 0 Å². The Balaban J connectivity index is 2.51. The Morgan fingerprint density at radius 3 is 2.58 bits per heavy atom. The van der Waals surface area contributed by atoms with Gasteiger partial charge in [-0.3, -0.25) is 5.10 Å². The lowest BCUT2D eigenvalue weighted by atomic mass is 9.94. The molecule has 0 fully saturated rings. The average Bonchev–Trinajstić information content (AvgIpc) is 2.77. The first kappa shape index (κ1) is 13.3. The summed E-state index contributed by atoms with van der Waals surface area (Å²) in [6, 6.07) is 6.68. The van der Waals surface area contributed by atoms with E-state index < -0.39 is 11.6 Å². The van der Waals surface area contributed by atoms with Gasteiger partial charge in [-0.05, 0) is 44.0 Å². The number of carboxylic acid groups (broad SMARTS) is 1. The Morgan fingerprint density at radius 2 is 2.05 bits per heavy atom. The zero-order valence-electron chi connectivity index (χ0n) is 11.0. The summed E-state index contributed by atoms with van der Waals surface area (Å²) >= 11 is 0. The first-order chi connectivity index (χ1) is 8.79. The Kier molecular flexibility index (Phi) is 3.14. The van der Waals surface area contributed by atoms with Crippen molar-refractivity contribution in [1.29, 1.82) is 0 Å². The smallest absolute Gasteiger partial charge is 0.353 e. The van der Waals surface area contributed by atoms with Crippen LogP contribution in [-0.2, 0) is 5.67 Å². The SMILES string of the molecule is Cc1ccc(C(C)(C)F)cc1-c1cc(C(=O)O)[nH]n1. The van der Waals surface area contributed by atoms with Crippen LogP contribution in [0.25, 0.3) is 11.3 Å². The van der Waals surface area contributed by atoms with Crippen LogP contribution in [0.5, 0.6) is 0 Å². The Morgan fingerprint density at radius 1 is 1.37 bits per heavy atom. The van der Waals surface area contributed by atoms with Crippen LogP contribution >= 0.6 is 0 Å². The molecule has 0 aliphatic rings. The molecule has 0 unspecified atom stereocenters. The highest BCUT2D eigenvalue weighted by molar-refractivity contribution is 5.87. The molecular weight excluding hydrogens is 247 g/mol. The number of hydrogen-bond donors (Lipinski definition) is 2. The number of hydrogen-bond acceptors (Lipinski definition) is 2. The van der Waals surface area contributed by atoms with Crippen molar-refractivity contribution in [3.63, 3.8) is 0 Å². The molecule has 0 saturated carbocycles. The van der Waals surface area contributed by atoms with Crippen LogP contribution in [0.2, 0.25) is 0 Å². The number of carbonyl (C=O) groups is 1. The summed E-state index contributed by atoms with van der Waals surface area (Å²) < 4.78 is 14.0. The zero-order valence-corrected chi connectivity index (χ0v) is 11.0. The number of benzene rings is 1. The number of rotatable bonds is 3. The van der Waals surface area contributed by atoms with Crippen molar-refractivity contribution in [2.75, 3.05) is 0 Å². The summed E-state index contributed by atoms with van der Waals surface area (Å²) in [5.41, 5.74) is 1.24. The normalized spacial score (nSPS) is 11.6. The van der Waals surface area contributed by atoms with E-state index in [0.29, 0.717) is 11.3 Å². The van der Waals surface area contributed by atoms with Crippen LogP contribution in [0, 0.1) is 6.92 Å². The van der Waals surface area contributed by atoms with Crippen molar-refractivity contribution >= 4 is 5.97 Å². The summed E-state index contributed by atoms with van der Waals surface area (Å²) in [4.78, 5) is 10.8. The topological polar surface area (TPSA) is 66.0 Å². The van der Waals surface area contributed by atoms with E-state index in [-0.39, 0.29) is 5.69 Å². The van der Waals surface area contributed by atoms with Gasteiger partial charge >= 0.3 is 5.97 Å². The van der Waals surface area contributed by atoms with Gasteiger partial charge in [0.1, 0.15) is 11.4 Å². The largest absolute Gasteiger partial charge is 0.477 e. The molecule has 100 valence electrons. The highest BCUT2D eigenvalue weighted by Gasteiger charge is 2.20. The van der Waals surface area contributed by atoms with Crippen LogP contribution in [-0.4, -0.2) is 21.3 Å². The van der Waals surface area contributed by atoms with E-state index in [1.165, 1.54) is 19.9 Å². The number of halogens is 1. The minimum Gasteiger partial charge on any atom is -0.477 e. The number of aromatic nitrogens is 2. The van der Waals surface area contributed by atoms with Gasteiger partial charge in [0.2, 0.25) is 0 Å². The number of nitrogens with one attached hydrogen (secondary N) is 1. The maximum absolute atomic E-state index is 14.0. The maximum Gasteiger partial charge on any atom is 0.353 e. The molecule has 0 spiro atoms. The highest BCUT2D eigenvalue weighted by atomic mass is 19.1. The quantitative estimate of drug-likeness (QED) is 0.892. The van der Waals surface area contributed by atoms with E-state index in [0.717, 1.165) is 11.1 Å². The molecule has 0 bridgehead atoms. The first-order valence-electron chi connectivity index (χ1n) is 5.88. The van der Waals surface area contributed by atoms with Crippen LogP contribution in [0.4, 0.5) is 4.39 Å². The fourth-order valence-electron chi connectivity index (χ4n) is 1.84. The Labute approximate surface area is 110 Å². The van der Waals surface area contributed by atoms with Gasteiger partial charge in [-0.25, -0.2) is 9.18 Å². The second kappa shape index (κ2) is 4.50. The standard InChI is InChI=1S/C14H15FN2O2/c1-8-4-5-9(14(2,3)15)6-10(8)11-7-12(13(18)19)17-16-11/h4-7H,1-3H3,(H,16,17)(H,18,19). The number of aryl methyl sites for hydroxylation is 1. The average molecular weight is 262 g/mol. The first-order valence-corrected chi connectivity index (χ1v) is 5.88. The molecule has 0 radical (unpaired) electrons. The van der Waals surface area contributed by atoms with Gasteiger partial charge in [0.15, 0.2) is 0 Å². The van der Waals surface area contributed by atoms with Crippen LogP contribution < -0.4 is 0 Å². The van der Waals surface area contributed by atoms with Gasteiger partial charge in [0.25, 0.3) is 0 Å². The van der Waals surface area contributed by atoms with Crippen molar-refractivity contribution in [2.45, 2.75) is 26.4 Å². The molecule has 19 heavy (non-hydrogen) atoms. The van der Waals surface area contributed by atoms with Crippen LogP contribution in [0.3, 0.4) is 0 Å². The third-order valence-corrected chi connectivity index (χ3v) is 3.01. The second-order valence-corrected chi connectivity index (χ2v) is 4.97. The predicted molar refractivity (Wildman–Crippen MR) is 69.9 cm³/mol. The molecule has 1 heterocycles. The summed E-state index contributed by atoms with van der Waals surface area (Å²) in [5, 5.41) is 15.3.